The van der Waals surface area contributed by atoms with Gasteiger partial charge in [-0.1, -0.05) is 36.5 Å². The third-order valence-electron chi connectivity index (χ3n) is 2.43. The quantitative estimate of drug-likeness (QED) is 0.802. The number of hydrogen-bond donors (Lipinski definition) is 0. The molecule has 96 valence electrons. The van der Waals surface area contributed by atoms with Crippen molar-refractivity contribution in [2.45, 2.75) is 31.9 Å². The van der Waals surface area contributed by atoms with E-state index in [1.807, 2.05) is 6.92 Å². The Bertz CT molecular complexity index is 494. The van der Waals surface area contributed by atoms with Gasteiger partial charge in [0, 0.05) is 11.8 Å². The number of halogens is 2. The molecule has 0 aliphatic heterocycles. The summed E-state index contributed by atoms with van der Waals surface area (Å²) in [6.45, 7) is 3.50. The first-order valence-electron chi connectivity index (χ1n) is 5.18. The Labute approximate surface area is 111 Å². The summed E-state index contributed by atoms with van der Waals surface area (Å²) in [5.41, 5.74) is 0.667. The molecular formula is C10H14Cl2N2O2S. The first kappa shape index (κ1) is 14.7. The molecule has 1 aromatic heterocycles. The number of sulfone groups is 1. The Morgan fingerprint density at radius 3 is 2.06 bits per heavy atom. The smallest absolute Gasteiger partial charge is 0.157 e. The van der Waals surface area contributed by atoms with Gasteiger partial charge in [0.25, 0.3) is 0 Å². The summed E-state index contributed by atoms with van der Waals surface area (Å²) in [7, 11) is -3.26. The van der Waals surface area contributed by atoms with Crippen molar-refractivity contribution in [1.82, 2.24) is 9.97 Å². The van der Waals surface area contributed by atoms with Crippen LogP contribution in [0.2, 0.25) is 10.3 Å². The van der Waals surface area contributed by atoms with Crippen LogP contribution in [0.15, 0.2) is 0 Å². The SMILES string of the molecule is CCCc1c(Cl)nc(C(C)S(C)(=O)=O)nc1Cl. The summed E-state index contributed by atoms with van der Waals surface area (Å²) < 4.78 is 22.8. The highest BCUT2D eigenvalue weighted by atomic mass is 35.5. The highest BCUT2D eigenvalue weighted by molar-refractivity contribution is 7.90. The van der Waals surface area contributed by atoms with Gasteiger partial charge in [-0.25, -0.2) is 18.4 Å². The Balaban J connectivity index is 3.23. The molecule has 1 atom stereocenters. The van der Waals surface area contributed by atoms with Gasteiger partial charge in [-0.3, -0.25) is 0 Å². The van der Waals surface area contributed by atoms with Crippen molar-refractivity contribution in [3.8, 4) is 0 Å². The van der Waals surface area contributed by atoms with Crippen LogP contribution in [0, 0.1) is 0 Å². The van der Waals surface area contributed by atoms with Crippen LogP contribution < -0.4 is 0 Å². The Kier molecular flexibility index (Phi) is 4.75. The van der Waals surface area contributed by atoms with Crippen molar-refractivity contribution < 1.29 is 8.42 Å². The normalized spacial score (nSPS) is 13.7. The van der Waals surface area contributed by atoms with E-state index in [9.17, 15) is 8.42 Å². The van der Waals surface area contributed by atoms with E-state index < -0.39 is 15.1 Å². The van der Waals surface area contributed by atoms with Gasteiger partial charge >= 0.3 is 0 Å². The fourth-order valence-electron chi connectivity index (χ4n) is 1.28. The van der Waals surface area contributed by atoms with Crippen molar-refractivity contribution in [2.75, 3.05) is 6.26 Å². The predicted octanol–water partition coefficient (Wildman–Crippen LogP) is 2.84. The molecule has 4 nitrogen and oxygen atoms in total. The van der Waals surface area contributed by atoms with Gasteiger partial charge in [0.05, 0.1) is 0 Å². The van der Waals surface area contributed by atoms with Crippen LogP contribution in [0.25, 0.3) is 0 Å². The summed E-state index contributed by atoms with van der Waals surface area (Å²) in [5.74, 6) is 0.141. The van der Waals surface area contributed by atoms with Crippen LogP contribution in [0.4, 0.5) is 0 Å². The van der Waals surface area contributed by atoms with Gasteiger partial charge in [-0.05, 0) is 13.3 Å². The van der Waals surface area contributed by atoms with Gasteiger partial charge in [-0.15, -0.1) is 0 Å². The minimum Gasteiger partial charge on any atom is -0.228 e. The van der Waals surface area contributed by atoms with Crippen LogP contribution >= 0.6 is 23.2 Å². The zero-order valence-corrected chi connectivity index (χ0v) is 12.2. The number of nitrogens with zero attached hydrogens (tertiary/aromatic N) is 2. The van der Waals surface area contributed by atoms with Gasteiger partial charge in [0.2, 0.25) is 0 Å². The van der Waals surface area contributed by atoms with Gasteiger partial charge in [0.1, 0.15) is 21.4 Å². The molecule has 0 aromatic carbocycles. The Morgan fingerprint density at radius 1 is 1.24 bits per heavy atom. The topological polar surface area (TPSA) is 59.9 Å². The van der Waals surface area contributed by atoms with E-state index in [-0.39, 0.29) is 16.1 Å². The third-order valence-corrected chi connectivity index (χ3v) is 4.55. The molecule has 0 aliphatic rings. The number of aromatic nitrogens is 2. The zero-order chi connectivity index (χ0) is 13.2. The Hall–Kier alpha value is -0.390. The monoisotopic (exact) mass is 296 g/mol. The lowest BCUT2D eigenvalue weighted by molar-refractivity contribution is 0.589. The molecule has 1 heterocycles. The third kappa shape index (κ3) is 3.53. The summed E-state index contributed by atoms with van der Waals surface area (Å²) in [5, 5.41) is -0.345. The second-order valence-electron chi connectivity index (χ2n) is 3.86. The molecule has 0 fully saturated rings. The molecule has 0 bridgehead atoms. The largest absolute Gasteiger partial charge is 0.228 e. The van der Waals surface area contributed by atoms with E-state index in [1.54, 1.807) is 0 Å². The second-order valence-corrected chi connectivity index (χ2v) is 6.95. The van der Waals surface area contributed by atoms with Crippen LogP contribution in [-0.4, -0.2) is 24.6 Å². The molecule has 0 saturated heterocycles. The van der Waals surface area contributed by atoms with Gasteiger partial charge in [-0.2, -0.15) is 0 Å². The number of rotatable bonds is 4. The summed E-state index contributed by atoms with van der Waals surface area (Å²) in [6, 6.07) is 0. The standard InChI is InChI=1S/C10H14Cl2N2O2S/c1-4-5-7-8(11)13-10(14-9(7)12)6(2)17(3,15)16/h6H,4-5H2,1-3H3. The number of hydrogen-bond acceptors (Lipinski definition) is 4. The average Bonchev–Trinajstić information content (AvgIpc) is 2.20. The molecule has 1 rings (SSSR count). The first-order valence-corrected chi connectivity index (χ1v) is 7.89. The van der Waals surface area contributed by atoms with Crippen LogP contribution in [0.5, 0.6) is 0 Å². The lowest BCUT2D eigenvalue weighted by Crippen LogP contribution is -2.12. The average molecular weight is 297 g/mol. The van der Waals surface area contributed by atoms with Gasteiger partial charge in [0.15, 0.2) is 9.84 Å². The van der Waals surface area contributed by atoms with E-state index in [2.05, 4.69) is 9.97 Å². The van der Waals surface area contributed by atoms with Crippen LogP contribution in [0.1, 0.15) is 36.9 Å². The first-order chi connectivity index (χ1) is 7.77. The highest BCUT2D eigenvalue weighted by Crippen LogP contribution is 2.26. The molecule has 0 spiro atoms. The molecule has 0 radical (unpaired) electrons. The van der Waals surface area contributed by atoms with Crippen molar-refractivity contribution in [3.05, 3.63) is 21.7 Å². The maximum atomic E-state index is 11.4. The maximum Gasteiger partial charge on any atom is 0.157 e. The van der Waals surface area contributed by atoms with Crippen molar-refractivity contribution >= 4 is 33.0 Å². The van der Waals surface area contributed by atoms with Crippen molar-refractivity contribution in [3.63, 3.8) is 0 Å². The minimum absolute atomic E-state index is 0.141. The fraction of sp³-hybridized carbons (Fsp3) is 0.600. The molecule has 0 amide bonds. The van der Waals surface area contributed by atoms with Crippen molar-refractivity contribution in [1.29, 1.82) is 0 Å². The molecular weight excluding hydrogens is 283 g/mol. The van der Waals surface area contributed by atoms with Crippen molar-refractivity contribution in [2.24, 2.45) is 0 Å². The zero-order valence-electron chi connectivity index (χ0n) is 9.87. The predicted molar refractivity (Wildman–Crippen MR) is 69.3 cm³/mol. The summed E-state index contributed by atoms with van der Waals surface area (Å²) in [6.07, 6.45) is 2.66. The minimum atomic E-state index is -3.26. The molecule has 0 aliphatic carbocycles. The van der Waals surface area contributed by atoms with E-state index in [1.165, 1.54) is 6.92 Å². The van der Waals surface area contributed by atoms with E-state index in [4.69, 9.17) is 23.2 Å². The summed E-state index contributed by atoms with van der Waals surface area (Å²) >= 11 is 12.0. The van der Waals surface area contributed by atoms with E-state index in [0.29, 0.717) is 12.0 Å². The summed E-state index contributed by atoms with van der Waals surface area (Å²) in [4.78, 5) is 8.02. The molecule has 0 N–H and O–H groups in total. The fourth-order valence-corrected chi connectivity index (χ4v) is 2.35. The van der Waals surface area contributed by atoms with Crippen LogP contribution in [0.3, 0.4) is 0 Å². The lowest BCUT2D eigenvalue weighted by atomic mass is 10.2. The molecule has 1 unspecified atom stereocenters. The molecule has 17 heavy (non-hydrogen) atoms. The molecule has 1 aromatic rings. The van der Waals surface area contributed by atoms with Gasteiger partial charge < -0.3 is 0 Å². The Morgan fingerprint density at radius 2 is 1.71 bits per heavy atom. The lowest BCUT2D eigenvalue weighted by Gasteiger charge is -2.11. The maximum absolute atomic E-state index is 11.4. The highest BCUT2D eigenvalue weighted by Gasteiger charge is 2.22. The van der Waals surface area contributed by atoms with E-state index >= 15 is 0 Å². The second kappa shape index (κ2) is 5.50. The molecule has 7 heteroatoms. The van der Waals surface area contributed by atoms with Crippen LogP contribution in [-0.2, 0) is 16.3 Å². The molecule has 0 saturated carbocycles. The van der Waals surface area contributed by atoms with E-state index in [0.717, 1.165) is 12.7 Å².